The third kappa shape index (κ3) is 3.07. The first-order chi connectivity index (χ1) is 7.04. The Balaban J connectivity index is 2.87. The quantitative estimate of drug-likeness (QED) is 0.339. The fourth-order valence-corrected chi connectivity index (χ4v) is 1.18. The summed E-state index contributed by atoms with van der Waals surface area (Å²) >= 11 is 0. The number of benzene rings is 1. The molecule has 0 aromatic heterocycles. The molecule has 0 aliphatic heterocycles. The molecule has 0 radical (unpaired) electrons. The Hall–Kier alpha value is -1.34. The van der Waals surface area contributed by atoms with Crippen LogP contribution in [0.2, 0.25) is 0 Å². The second-order valence-corrected chi connectivity index (χ2v) is 3.18. The summed E-state index contributed by atoms with van der Waals surface area (Å²) in [6, 6.07) is 3.99. The number of nitrogens with zero attached hydrogens (tertiary/aromatic N) is 1. The molecule has 1 rings (SSSR count). The largest absolute Gasteiger partial charge is 0.504 e. The second kappa shape index (κ2) is 4.94. The van der Waals surface area contributed by atoms with Gasteiger partial charge in [-0.3, -0.25) is 5.26 Å². The Bertz CT molecular complexity index is 328. The number of phenols is 2. The molecule has 6 nitrogen and oxygen atoms in total. The predicted octanol–water partition coefficient (Wildman–Crippen LogP) is 0.949. The van der Waals surface area contributed by atoms with Crippen LogP contribution >= 0.6 is 0 Å². The lowest BCUT2D eigenvalue weighted by atomic mass is 10.1. The van der Waals surface area contributed by atoms with E-state index in [1.165, 1.54) is 25.2 Å². The Morgan fingerprint density at radius 3 is 2.47 bits per heavy atom. The van der Waals surface area contributed by atoms with E-state index in [2.05, 4.69) is 4.89 Å². The molecule has 0 aliphatic rings. The van der Waals surface area contributed by atoms with Gasteiger partial charge in [-0.2, -0.15) is 5.06 Å². The lowest BCUT2D eigenvalue weighted by Gasteiger charge is -2.17. The van der Waals surface area contributed by atoms with Gasteiger partial charge in [0.15, 0.2) is 11.5 Å². The highest BCUT2D eigenvalue weighted by Crippen LogP contribution is 2.28. The summed E-state index contributed by atoms with van der Waals surface area (Å²) in [5.41, 5.74) is 0.439. The maximum absolute atomic E-state index is 9.22. The third-order valence-corrected chi connectivity index (χ3v) is 1.93. The molecule has 0 saturated carbocycles. The SMILES string of the molecule is CN(O)C[C@H](OO)c1ccc(O)c(O)c1. The summed E-state index contributed by atoms with van der Waals surface area (Å²) in [4.78, 5) is 4.15. The number of likely N-dealkylation sites (N-methyl/N-ethyl adjacent to an activating group) is 1. The molecular formula is C9H13NO5. The molecule has 15 heavy (non-hydrogen) atoms. The fourth-order valence-electron chi connectivity index (χ4n) is 1.18. The number of hydrogen-bond donors (Lipinski definition) is 4. The number of hydroxylamine groups is 2. The fraction of sp³-hybridized carbons (Fsp3) is 0.333. The van der Waals surface area contributed by atoms with Gasteiger partial charge in [0.1, 0.15) is 6.10 Å². The molecule has 0 spiro atoms. The van der Waals surface area contributed by atoms with Gasteiger partial charge >= 0.3 is 0 Å². The van der Waals surface area contributed by atoms with Crippen LogP contribution in [0.15, 0.2) is 18.2 Å². The van der Waals surface area contributed by atoms with Gasteiger partial charge in [0.05, 0.1) is 6.54 Å². The Morgan fingerprint density at radius 1 is 1.33 bits per heavy atom. The smallest absolute Gasteiger partial charge is 0.157 e. The van der Waals surface area contributed by atoms with E-state index >= 15 is 0 Å². The van der Waals surface area contributed by atoms with E-state index in [0.29, 0.717) is 5.56 Å². The molecule has 4 N–H and O–H groups in total. The van der Waals surface area contributed by atoms with E-state index in [-0.39, 0.29) is 18.0 Å². The predicted molar refractivity (Wildman–Crippen MR) is 50.6 cm³/mol. The van der Waals surface area contributed by atoms with Gasteiger partial charge in [-0.25, -0.2) is 4.89 Å². The molecule has 1 aromatic rings. The summed E-state index contributed by atoms with van der Waals surface area (Å²) in [6.45, 7) is 0.0285. The van der Waals surface area contributed by atoms with E-state index in [9.17, 15) is 5.11 Å². The van der Waals surface area contributed by atoms with Crippen molar-refractivity contribution in [2.45, 2.75) is 6.10 Å². The summed E-state index contributed by atoms with van der Waals surface area (Å²) in [7, 11) is 1.40. The van der Waals surface area contributed by atoms with E-state index in [1.807, 2.05) is 0 Å². The van der Waals surface area contributed by atoms with E-state index < -0.39 is 6.10 Å². The van der Waals surface area contributed by atoms with Crippen molar-refractivity contribution < 1.29 is 25.6 Å². The second-order valence-electron chi connectivity index (χ2n) is 3.18. The molecule has 1 atom stereocenters. The monoisotopic (exact) mass is 215 g/mol. The molecule has 1 aromatic carbocycles. The van der Waals surface area contributed by atoms with Crippen LogP contribution in [0.25, 0.3) is 0 Å². The molecular weight excluding hydrogens is 202 g/mol. The lowest BCUT2D eigenvalue weighted by Crippen LogP contribution is -2.22. The molecule has 0 aliphatic carbocycles. The number of hydrogen-bond acceptors (Lipinski definition) is 6. The van der Waals surface area contributed by atoms with Crippen molar-refractivity contribution in [1.29, 1.82) is 0 Å². The van der Waals surface area contributed by atoms with Gasteiger partial charge in [0, 0.05) is 7.05 Å². The molecule has 0 saturated heterocycles. The molecule has 0 heterocycles. The Labute approximate surface area is 86.5 Å². The minimum Gasteiger partial charge on any atom is -0.504 e. The van der Waals surface area contributed by atoms with Crippen LogP contribution in [0.5, 0.6) is 11.5 Å². The van der Waals surface area contributed by atoms with Crippen molar-refractivity contribution in [3.05, 3.63) is 23.8 Å². The zero-order valence-corrected chi connectivity index (χ0v) is 8.16. The highest BCUT2D eigenvalue weighted by molar-refractivity contribution is 5.41. The number of phenolic OH excluding ortho intramolecular Hbond substituents is 2. The van der Waals surface area contributed by atoms with Gasteiger partial charge in [-0.1, -0.05) is 6.07 Å². The first-order valence-corrected chi connectivity index (χ1v) is 4.26. The number of aromatic hydroxyl groups is 2. The van der Waals surface area contributed by atoms with Crippen LogP contribution in [-0.2, 0) is 4.89 Å². The Kier molecular flexibility index (Phi) is 3.87. The van der Waals surface area contributed by atoms with Crippen molar-refractivity contribution in [1.82, 2.24) is 5.06 Å². The van der Waals surface area contributed by atoms with Crippen LogP contribution in [0.1, 0.15) is 11.7 Å². The standard InChI is InChI=1S/C9H13NO5/c1-10(13)5-9(15-14)6-2-3-7(11)8(12)4-6/h2-4,9,11-14H,5H2,1H3/t9-/m0/s1. The van der Waals surface area contributed by atoms with Gasteiger partial charge < -0.3 is 15.4 Å². The molecule has 0 amide bonds. The molecule has 0 bridgehead atoms. The van der Waals surface area contributed by atoms with Crippen LogP contribution in [0.4, 0.5) is 0 Å². The highest BCUT2D eigenvalue weighted by atomic mass is 17.1. The normalized spacial score (nSPS) is 13.1. The number of rotatable bonds is 4. The first kappa shape index (κ1) is 11.7. The summed E-state index contributed by atoms with van der Waals surface area (Å²) < 4.78 is 0. The van der Waals surface area contributed by atoms with Gasteiger partial charge in [0.25, 0.3) is 0 Å². The highest BCUT2D eigenvalue weighted by Gasteiger charge is 2.15. The van der Waals surface area contributed by atoms with E-state index in [1.54, 1.807) is 0 Å². The topological polar surface area (TPSA) is 93.4 Å². The van der Waals surface area contributed by atoms with Crippen LogP contribution < -0.4 is 0 Å². The van der Waals surface area contributed by atoms with Gasteiger partial charge in [0.2, 0.25) is 0 Å². The average molecular weight is 215 g/mol. The first-order valence-electron chi connectivity index (χ1n) is 4.26. The van der Waals surface area contributed by atoms with Crippen molar-refractivity contribution in [3.63, 3.8) is 0 Å². The molecule has 84 valence electrons. The third-order valence-electron chi connectivity index (χ3n) is 1.93. The summed E-state index contributed by atoms with van der Waals surface area (Å²) in [6.07, 6.45) is -0.800. The minimum atomic E-state index is -0.800. The van der Waals surface area contributed by atoms with Crippen molar-refractivity contribution in [2.24, 2.45) is 0 Å². The molecule has 0 fully saturated rings. The lowest BCUT2D eigenvalue weighted by molar-refractivity contribution is -0.293. The van der Waals surface area contributed by atoms with Crippen LogP contribution in [0, 0.1) is 0 Å². The maximum Gasteiger partial charge on any atom is 0.157 e. The van der Waals surface area contributed by atoms with E-state index in [0.717, 1.165) is 5.06 Å². The summed E-state index contributed by atoms with van der Waals surface area (Å²) in [5.74, 6) is -0.567. The minimum absolute atomic E-state index is 0.0285. The molecule has 6 heteroatoms. The van der Waals surface area contributed by atoms with Crippen molar-refractivity contribution in [3.8, 4) is 11.5 Å². The Morgan fingerprint density at radius 2 is 2.00 bits per heavy atom. The van der Waals surface area contributed by atoms with Gasteiger partial charge in [-0.15, -0.1) is 0 Å². The molecule has 0 unspecified atom stereocenters. The van der Waals surface area contributed by atoms with Crippen molar-refractivity contribution >= 4 is 0 Å². The van der Waals surface area contributed by atoms with Crippen LogP contribution in [-0.4, -0.2) is 39.3 Å². The average Bonchev–Trinajstić information content (AvgIpc) is 2.18. The van der Waals surface area contributed by atoms with Gasteiger partial charge in [-0.05, 0) is 17.7 Å². The van der Waals surface area contributed by atoms with Crippen LogP contribution in [0.3, 0.4) is 0 Å². The van der Waals surface area contributed by atoms with Crippen molar-refractivity contribution in [2.75, 3.05) is 13.6 Å². The zero-order chi connectivity index (χ0) is 11.4. The zero-order valence-electron chi connectivity index (χ0n) is 8.16. The van der Waals surface area contributed by atoms with E-state index in [4.69, 9.17) is 15.6 Å². The maximum atomic E-state index is 9.22. The summed E-state index contributed by atoms with van der Waals surface area (Å²) in [5, 5.41) is 36.7.